The molecule has 1 amide bonds. The Balaban J connectivity index is 2.19. The summed E-state index contributed by atoms with van der Waals surface area (Å²) in [6.45, 7) is 0. The normalized spacial score (nSPS) is 11.1. The Morgan fingerprint density at radius 2 is 1.65 bits per heavy atom. The first-order valence-electron chi connectivity index (χ1n) is 5.74. The molecule has 2 aromatic carbocycles. The van der Waals surface area contributed by atoms with Gasteiger partial charge in [-0.25, -0.2) is 8.42 Å². The van der Waals surface area contributed by atoms with Crippen LogP contribution in [0.4, 0.5) is 5.69 Å². The van der Waals surface area contributed by atoms with Crippen LogP contribution in [0.1, 0.15) is 10.4 Å². The number of carbonyl (C=O) groups is 1. The van der Waals surface area contributed by atoms with Crippen LogP contribution in [0, 0.1) is 3.57 Å². The monoisotopic (exact) mass is 401 g/mol. The van der Waals surface area contributed by atoms with Crippen molar-refractivity contribution in [1.29, 1.82) is 0 Å². The van der Waals surface area contributed by atoms with Crippen molar-refractivity contribution in [2.24, 2.45) is 0 Å². The van der Waals surface area contributed by atoms with Gasteiger partial charge >= 0.3 is 0 Å². The van der Waals surface area contributed by atoms with Crippen LogP contribution >= 0.6 is 22.6 Å². The lowest BCUT2D eigenvalue weighted by Crippen LogP contribution is -2.13. The van der Waals surface area contributed by atoms with Gasteiger partial charge in [-0.1, -0.05) is 12.1 Å². The lowest BCUT2D eigenvalue weighted by molar-refractivity contribution is 0.102. The number of hydrogen-bond donors (Lipinski definition) is 1. The fourth-order valence-corrected chi connectivity index (χ4v) is 2.89. The van der Waals surface area contributed by atoms with Crippen molar-refractivity contribution in [1.82, 2.24) is 0 Å². The molecule has 0 radical (unpaired) electrons. The molecule has 0 saturated heterocycles. The van der Waals surface area contributed by atoms with Crippen LogP contribution in [0.3, 0.4) is 0 Å². The summed E-state index contributed by atoms with van der Waals surface area (Å²) in [6, 6.07) is 13.3. The average molecular weight is 401 g/mol. The maximum atomic E-state index is 12.1. The molecular formula is C14H12INO3S. The number of benzene rings is 2. The Hall–Kier alpha value is -1.41. The van der Waals surface area contributed by atoms with Crippen molar-refractivity contribution in [2.75, 3.05) is 11.6 Å². The molecule has 0 fully saturated rings. The van der Waals surface area contributed by atoms with E-state index >= 15 is 0 Å². The first kappa shape index (κ1) is 15.0. The Bertz CT molecular complexity index is 739. The summed E-state index contributed by atoms with van der Waals surface area (Å²) in [4.78, 5) is 12.3. The summed E-state index contributed by atoms with van der Waals surface area (Å²) in [6.07, 6.45) is 1.15. The second kappa shape index (κ2) is 5.92. The molecule has 0 bridgehead atoms. The van der Waals surface area contributed by atoms with Crippen molar-refractivity contribution >= 4 is 44.0 Å². The van der Waals surface area contributed by atoms with E-state index < -0.39 is 9.84 Å². The van der Waals surface area contributed by atoms with Gasteiger partial charge in [0, 0.05) is 15.5 Å². The van der Waals surface area contributed by atoms with E-state index in [0.717, 1.165) is 9.83 Å². The zero-order chi connectivity index (χ0) is 14.8. The Labute approximate surface area is 131 Å². The van der Waals surface area contributed by atoms with Crippen molar-refractivity contribution in [3.8, 4) is 0 Å². The molecule has 2 rings (SSSR count). The van der Waals surface area contributed by atoms with Gasteiger partial charge in [-0.15, -0.1) is 0 Å². The molecule has 6 heteroatoms. The third-order valence-corrected chi connectivity index (χ3v) is 4.73. The van der Waals surface area contributed by atoms with E-state index in [0.29, 0.717) is 11.3 Å². The van der Waals surface area contributed by atoms with Crippen LogP contribution < -0.4 is 5.32 Å². The van der Waals surface area contributed by atoms with E-state index in [1.54, 1.807) is 24.3 Å². The van der Waals surface area contributed by atoms with E-state index in [9.17, 15) is 13.2 Å². The number of sulfone groups is 1. The van der Waals surface area contributed by atoms with Gasteiger partial charge in [0.05, 0.1) is 10.5 Å². The van der Waals surface area contributed by atoms with Gasteiger partial charge in [-0.2, -0.15) is 0 Å². The summed E-state index contributed by atoms with van der Waals surface area (Å²) < 4.78 is 23.5. The van der Waals surface area contributed by atoms with Gasteiger partial charge in [0.15, 0.2) is 9.84 Å². The maximum absolute atomic E-state index is 12.1. The molecule has 4 nitrogen and oxygen atoms in total. The molecule has 104 valence electrons. The summed E-state index contributed by atoms with van der Waals surface area (Å²) in [5, 5.41) is 2.74. The molecule has 0 saturated carbocycles. The summed E-state index contributed by atoms with van der Waals surface area (Å²) in [7, 11) is -3.22. The van der Waals surface area contributed by atoms with Crippen molar-refractivity contribution < 1.29 is 13.2 Å². The number of carbonyl (C=O) groups excluding carboxylic acids is 1. The number of amides is 1. The zero-order valence-corrected chi connectivity index (χ0v) is 13.6. The average Bonchev–Trinajstić information content (AvgIpc) is 2.38. The highest BCUT2D eigenvalue weighted by Crippen LogP contribution is 2.17. The number of anilines is 1. The Morgan fingerprint density at radius 3 is 2.20 bits per heavy atom. The van der Waals surface area contributed by atoms with Crippen molar-refractivity contribution in [2.45, 2.75) is 4.90 Å². The Morgan fingerprint density at radius 1 is 1.05 bits per heavy atom. The highest BCUT2D eigenvalue weighted by molar-refractivity contribution is 14.1. The van der Waals surface area contributed by atoms with Crippen LogP contribution in [0.15, 0.2) is 53.4 Å². The van der Waals surface area contributed by atoms with Gasteiger partial charge in [0.25, 0.3) is 5.91 Å². The van der Waals surface area contributed by atoms with Crippen LogP contribution in [0.25, 0.3) is 0 Å². The van der Waals surface area contributed by atoms with E-state index in [2.05, 4.69) is 27.9 Å². The fourth-order valence-electron chi connectivity index (χ4n) is 1.63. The zero-order valence-electron chi connectivity index (χ0n) is 10.6. The third kappa shape index (κ3) is 3.57. The number of hydrogen-bond acceptors (Lipinski definition) is 3. The predicted octanol–water partition coefficient (Wildman–Crippen LogP) is 2.95. The molecule has 0 aliphatic rings. The second-order valence-electron chi connectivity index (χ2n) is 4.23. The van der Waals surface area contributed by atoms with Gasteiger partial charge < -0.3 is 5.32 Å². The largest absolute Gasteiger partial charge is 0.322 e. The summed E-state index contributed by atoms with van der Waals surface area (Å²) >= 11 is 2.09. The fraction of sp³-hybridized carbons (Fsp3) is 0.0714. The molecule has 0 aromatic heterocycles. The molecule has 20 heavy (non-hydrogen) atoms. The van der Waals surface area contributed by atoms with E-state index in [1.165, 1.54) is 12.1 Å². The number of halogens is 1. The van der Waals surface area contributed by atoms with Gasteiger partial charge in [-0.05, 0) is 59.0 Å². The minimum absolute atomic E-state index is 0.220. The van der Waals surface area contributed by atoms with Crippen LogP contribution in [0.2, 0.25) is 0 Å². The Kier molecular flexibility index (Phi) is 4.44. The predicted molar refractivity (Wildman–Crippen MR) is 86.7 cm³/mol. The highest BCUT2D eigenvalue weighted by Gasteiger charge is 2.10. The second-order valence-corrected chi connectivity index (χ2v) is 7.41. The molecule has 0 heterocycles. The molecule has 2 aromatic rings. The van der Waals surface area contributed by atoms with E-state index in [4.69, 9.17) is 0 Å². The van der Waals surface area contributed by atoms with Crippen LogP contribution in [-0.4, -0.2) is 20.6 Å². The van der Waals surface area contributed by atoms with Crippen LogP contribution in [0.5, 0.6) is 0 Å². The molecule has 1 N–H and O–H groups in total. The molecular weight excluding hydrogens is 389 g/mol. The standard InChI is InChI=1S/C14H12INO3S/c1-20(18,19)11-8-6-10(7-9-11)16-14(17)12-4-2-3-5-13(12)15/h2-9H,1H3,(H,16,17). The molecule has 0 spiro atoms. The van der Waals surface area contributed by atoms with Gasteiger partial charge in [0.1, 0.15) is 0 Å². The van der Waals surface area contributed by atoms with Crippen molar-refractivity contribution in [3.05, 3.63) is 57.7 Å². The lowest BCUT2D eigenvalue weighted by atomic mass is 10.2. The molecule has 0 aliphatic carbocycles. The first-order valence-corrected chi connectivity index (χ1v) is 8.71. The number of nitrogens with one attached hydrogen (secondary N) is 1. The third-order valence-electron chi connectivity index (χ3n) is 2.66. The molecule has 0 unspecified atom stereocenters. The quantitative estimate of drug-likeness (QED) is 0.805. The first-order chi connectivity index (χ1) is 9.38. The molecule has 0 atom stereocenters. The highest BCUT2D eigenvalue weighted by atomic mass is 127. The van der Waals surface area contributed by atoms with Gasteiger partial charge in [-0.3, -0.25) is 4.79 Å². The topological polar surface area (TPSA) is 63.2 Å². The summed E-state index contributed by atoms with van der Waals surface area (Å²) in [5.41, 5.74) is 1.14. The van der Waals surface area contributed by atoms with E-state index in [1.807, 2.05) is 12.1 Å². The maximum Gasteiger partial charge on any atom is 0.256 e. The smallest absolute Gasteiger partial charge is 0.256 e. The van der Waals surface area contributed by atoms with Crippen LogP contribution in [-0.2, 0) is 9.84 Å². The molecule has 0 aliphatic heterocycles. The minimum Gasteiger partial charge on any atom is -0.322 e. The SMILES string of the molecule is CS(=O)(=O)c1ccc(NC(=O)c2ccccc2I)cc1. The lowest BCUT2D eigenvalue weighted by Gasteiger charge is -2.07. The summed E-state index contributed by atoms with van der Waals surface area (Å²) in [5.74, 6) is -0.220. The van der Waals surface area contributed by atoms with E-state index in [-0.39, 0.29) is 10.8 Å². The minimum atomic E-state index is -3.22. The van der Waals surface area contributed by atoms with Gasteiger partial charge in [0.2, 0.25) is 0 Å². The van der Waals surface area contributed by atoms with Crippen molar-refractivity contribution in [3.63, 3.8) is 0 Å². The number of rotatable bonds is 3.